The molecule has 0 aliphatic carbocycles. The molecule has 0 aliphatic rings. The first-order valence-corrected chi connectivity index (χ1v) is 11.0. The van der Waals surface area contributed by atoms with Crippen LogP contribution in [0.2, 0.25) is 0 Å². The molecule has 2 N–H and O–H groups in total. The first kappa shape index (κ1) is 24.4. The number of methoxy groups -OCH3 is 1. The Kier molecular flexibility index (Phi) is 8.66. The first-order valence-electron chi connectivity index (χ1n) is 11.0. The van der Waals surface area contributed by atoms with Crippen molar-refractivity contribution in [1.29, 1.82) is 0 Å². The number of nitrogens with zero attached hydrogens (tertiary/aromatic N) is 3. The van der Waals surface area contributed by atoms with Gasteiger partial charge in [0.25, 0.3) is 5.91 Å². The smallest absolute Gasteiger partial charge is 0.360 e. The lowest BCUT2D eigenvalue weighted by Crippen LogP contribution is -2.11. The summed E-state index contributed by atoms with van der Waals surface area (Å²) in [7, 11) is 1.56. The normalized spacial score (nSPS) is 10.2. The molecule has 0 unspecified atom stereocenters. The van der Waals surface area contributed by atoms with Gasteiger partial charge in [-0.25, -0.2) is 0 Å². The molecule has 34 heavy (non-hydrogen) atoms. The number of benzene rings is 3. The second-order valence-electron chi connectivity index (χ2n) is 8.01. The van der Waals surface area contributed by atoms with Gasteiger partial charge in [-0.2, -0.15) is 0 Å². The van der Waals surface area contributed by atoms with E-state index >= 15 is 0 Å². The molecule has 0 saturated carbocycles. The average Bonchev–Trinajstić information content (AvgIpc) is 2.85. The molecule has 3 aromatic rings. The second kappa shape index (κ2) is 12.1. The molecule has 3 aromatic carbocycles. The molecular weight excluding hydrogens is 430 g/mol. The number of carbonyl (C=O) groups excluding carboxylic acids is 2. The summed E-state index contributed by atoms with van der Waals surface area (Å²) in [4.78, 5) is 28.4. The van der Waals surface area contributed by atoms with Crippen LogP contribution in [0.15, 0.2) is 83.0 Å². The fourth-order valence-electron chi connectivity index (χ4n) is 2.99. The third-order valence-corrected chi connectivity index (χ3v) is 4.88. The number of hydrogen-bond acceptors (Lipinski definition) is 5. The van der Waals surface area contributed by atoms with Gasteiger partial charge in [-0.05, 0) is 73.0 Å². The minimum absolute atomic E-state index is 0.226. The molecule has 0 atom stereocenters. The Hall–Kier alpha value is -4.29. The summed E-state index contributed by atoms with van der Waals surface area (Å²) in [5.41, 5.74) is 3.10. The van der Waals surface area contributed by atoms with Crippen molar-refractivity contribution in [2.45, 2.75) is 20.3 Å². The zero-order valence-electron chi connectivity index (χ0n) is 19.5. The van der Waals surface area contributed by atoms with Gasteiger partial charge in [-0.3, -0.25) is 9.59 Å². The summed E-state index contributed by atoms with van der Waals surface area (Å²) in [6, 6.07) is 21.2. The number of nitrogens with one attached hydrogen (secondary N) is 2. The topological polar surface area (TPSA) is 106 Å². The Morgan fingerprint density at radius 1 is 0.912 bits per heavy atom. The molecule has 0 bridgehead atoms. The first-order chi connectivity index (χ1) is 16.4. The highest BCUT2D eigenvalue weighted by molar-refractivity contribution is 6.04. The van der Waals surface area contributed by atoms with E-state index in [1.807, 2.05) is 18.2 Å². The molecule has 0 aromatic heterocycles. The highest BCUT2D eigenvalue weighted by atomic mass is 16.5. The highest BCUT2D eigenvalue weighted by Crippen LogP contribution is 2.21. The summed E-state index contributed by atoms with van der Waals surface area (Å²) in [6.45, 7) is 4.75. The van der Waals surface area contributed by atoms with Crippen LogP contribution in [0.3, 0.4) is 0 Å². The van der Waals surface area contributed by atoms with Crippen molar-refractivity contribution in [2.75, 3.05) is 24.3 Å². The van der Waals surface area contributed by atoms with Crippen molar-refractivity contribution >= 4 is 28.9 Å². The molecule has 0 aliphatic heterocycles. The van der Waals surface area contributed by atoms with E-state index in [-0.39, 0.29) is 5.91 Å². The summed E-state index contributed by atoms with van der Waals surface area (Å²) in [6.07, 6.45) is 0.899. The molecule has 0 spiro atoms. The van der Waals surface area contributed by atoms with Crippen LogP contribution in [0, 0.1) is 5.92 Å². The fourth-order valence-corrected chi connectivity index (χ4v) is 2.99. The SMILES string of the molecule is COc1cccc(C(=O)Nc2ccc(Nc3cccc(C(=O)N=[N+]=NCCC(C)C)c3)cc2)c1. The second-order valence-corrected chi connectivity index (χ2v) is 8.01. The van der Waals surface area contributed by atoms with Gasteiger partial charge in [0.1, 0.15) is 17.4 Å². The van der Waals surface area contributed by atoms with Crippen LogP contribution in [-0.4, -0.2) is 25.5 Å². The molecule has 0 radical (unpaired) electrons. The van der Waals surface area contributed by atoms with Crippen LogP contribution in [0.4, 0.5) is 17.1 Å². The van der Waals surface area contributed by atoms with Gasteiger partial charge in [-0.15, -0.1) is 0 Å². The van der Waals surface area contributed by atoms with E-state index in [1.165, 1.54) is 0 Å². The molecule has 3 rings (SSSR count). The third-order valence-electron chi connectivity index (χ3n) is 4.88. The average molecular weight is 459 g/mol. The summed E-state index contributed by atoms with van der Waals surface area (Å²) >= 11 is 0. The number of ether oxygens (including phenoxy) is 1. The van der Waals surface area contributed by atoms with Gasteiger partial charge in [0.2, 0.25) is 10.0 Å². The molecule has 0 heterocycles. The standard InChI is InChI=1S/C26H27N5O3/c1-18(2)14-15-27-31-30-26(33)19-6-4-8-23(16-19)28-21-10-12-22(13-11-21)29-25(32)20-7-5-9-24(17-20)34-3/h4-13,16-18H,14-15H2,1-3H3,(H,27,30,33)/p+1. The van der Waals surface area contributed by atoms with Crippen molar-refractivity contribution in [2.24, 2.45) is 16.1 Å². The highest BCUT2D eigenvalue weighted by Gasteiger charge is 2.11. The van der Waals surface area contributed by atoms with Crippen molar-refractivity contribution in [3.05, 3.63) is 83.9 Å². The molecule has 174 valence electrons. The monoisotopic (exact) mass is 458 g/mol. The number of anilines is 3. The van der Waals surface area contributed by atoms with Crippen LogP contribution in [-0.2, 0) is 0 Å². The van der Waals surface area contributed by atoms with Crippen molar-refractivity contribution < 1.29 is 14.3 Å². The summed E-state index contributed by atoms with van der Waals surface area (Å²) in [5.74, 6) is 0.467. The minimum atomic E-state index is -0.451. The van der Waals surface area contributed by atoms with E-state index in [2.05, 4.69) is 39.6 Å². The van der Waals surface area contributed by atoms with E-state index in [0.717, 1.165) is 17.8 Å². The Morgan fingerprint density at radius 2 is 1.62 bits per heavy atom. The van der Waals surface area contributed by atoms with Crippen molar-refractivity contribution in [3.63, 3.8) is 0 Å². The quantitative estimate of drug-likeness (QED) is 0.310. The van der Waals surface area contributed by atoms with E-state index in [0.29, 0.717) is 35.0 Å². The van der Waals surface area contributed by atoms with Gasteiger partial charge in [0.05, 0.1) is 12.7 Å². The van der Waals surface area contributed by atoms with E-state index in [1.54, 1.807) is 61.7 Å². The van der Waals surface area contributed by atoms with Crippen LogP contribution >= 0.6 is 0 Å². The van der Waals surface area contributed by atoms with Crippen LogP contribution < -0.4 is 20.3 Å². The maximum atomic E-state index is 12.5. The predicted molar refractivity (Wildman–Crippen MR) is 133 cm³/mol. The van der Waals surface area contributed by atoms with Gasteiger partial charge < -0.3 is 15.4 Å². The molecule has 0 fully saturated rings. The Labute approximate surface area is 198 Å². The lowest BCUT2D eigenvalue weighted by atomic mass is 10.1. The molecular formula is C26H28N5O3+. The number of rotatable bonds is 9. The van der Waals surface area contributed by atoms with E-state index in [9.17, 15) is 9.59 Å². The zero-order valence-corrected chi connectivity index (χ0v) is 19.5. The number of hydrogen-bond donors (Lipinski definition) is 2. The van der Waals surface area contributed by atoms with Gasteiger partial charge >= 0.3 is 5.91 Å². The Morgan fingerprint density at radius 3 is 2.35 bits per heavy atom. The predicted octanol–water partition coefficient (Wildman–Crippen LogP) is 5.85. The summed E-state index contributed by atoms with van der Waals surface area (Å²) < 4.78 is 5.16. The molecule has 8 nitrogen and oxygen atoms in total. The van der Waals surface area contributed by atoms with E-state index < -0.39 is 5.91 Å². The van der Waals surface area contributed by atoms with Crippen LogP contribution in [0.1, 0.15) is 41.0 Å². The van der Waals surface area contributed by atoms with E-state index in [4.69, 9.17) is 4.74 Å². The number of carbonyl (C=O) groups is 2. The third kappa shape index (κ3) is 7.39. The summed E-state index contributed by atoms with van der Waals surface area (Å²) in [5, 5.41) is 13.7. The van der Waals surface area contributed by atoms with Crippen LogP contribution in [0.5, 0.6) is 5.75 Å². The lowest BCUT2D eigenvalue weighted by Gasteiger charge is -2.10. The molecule has 8 heteroatoms. The maximum Gasteiger partial charge on any atom is 0.360 e. The molecule has 2 amide bonds. The fraction of sp³-hybridized carbons (Fsp3) is 0.231. The van der Waals surface area contributed by atoms with Crippen molar-refractivity contribution in [3.8, 4) is 5.75 Å². The number of amides is 2. The lowest BCUT2D eigenvalue weighted by molar-refractivity contribution is 0.0990. The molecule has 0 saturated heterocycles. The van der Waals surface area contributed by atoms with Gasteiger partial charge in [0, 0.05) is 22.6 Å². The van der Waals surface area contributed by atoms with Gasteiger partial charge in [-0.1, -0.05) is 26.0 Å². The minimum Gasteiger partial charge on any atom is -0.497 e. The Balaban J connectivity index is 1.60. The van der Waals surface area contributed by atoms with Crippen LogP contribution in [0.25, 0.3) is 0 Å². The Bertz CT molecular complexity index is 1200. The largest absolute Gasteiger partial charge is 0.497 e. The van der Waals surface area contributed by atoms with Crippen molar-refractivity contribution in [1.82, 2.24) is 4.91 Å². The zero-order chi connectivity index (χ0) is 24.3. The maximum absolute atomic E-state index is 12.5. The van der Waals surface area contributed by atoms with Gasteiger partial charge in [0.15, 0.2) is 0 Å².